The van der Waals surface area contributed by atoms with Crippen LogP contribution >= 0.6 is 12.2 Å². The van der Waals surface area contributed by atoms with E-state index in [1.165, 1.54) is 0 Å². The van der Waals surface area contributed by atoms with E-state index in [1.54, 1.807) is 37.3 Å². The van der Waals surface area contributed by atoms with Gasteiger partial charge in [0.15, 0.2) is 5.11 Å². The minimum atomic E-state index is -1.07. The second-order valence-electron chi connectivity index (χ2n) is 6.73. The van der Waals surface area contributed by atoms with Crippen molar-refractivity contribution in [3.8, 4) is 23.8 Å². The zero-order valence-electron chi connectivity index (χ0n) is 15.6. The molecule has 3 rings (SSSR count). The van der Waals surface area contributed by atoms with E-state index in [4.69, 9.17) is 28.1 Å². The molecule has 0 aromatic heterocycles. The van der Waals surface area contributed by atoms with E-state index in [-0.39, 0.29) is 18.9 Å². The lowest BCUT2D eigenvalue weighted by molar-refractivity contribution is -0.130. The standard InChI is InChI=1S/C19H23N3O5S/c1-4-5-20-18(25)13-9-14(23)17(24)15-16(13)22(19(28)21-15)10-6-11(26-2)8-12(7-10)27-3/h1,6-8,13-17,23-24H,5,9H2,2-3H3,(H,20,25)(H,21,28)/t13-,14-,15-,16+,17+/m1/s1. The lowest BCUT2D eigenvalue weighted by atomic mass is 9.77. The Morgan fingerprint density at radius 2 is 2.00 bits per heavy atom. The molecule has 9 heteroatoms. The van der Waals surface area contributed by atoms with Crippen molar-refractivity contribution in [2.45, 2.75) is 30.7 Å². The molecule has 28 heavy (non-hydrogen) atoms. The number of ether oxygens (including phenoxy) is 2. The number of carbonyl (C=O) groups is 1. The first-order valence-corrected chi connectivity index (χ1v) is 9.22. The average Bonchev–Trinajstić information content (AvgIpc) is 3.05. The maximum Gasteiger partial charge on any atom is 0.226 e. The Bertz CT molecular complexity index is 789. The lowest BCUT2D eigenvalue weighted by Gasteiger charge is -2.41. The molecule has 2 fully saturated rings. The van der Waals surface area contributed by atoms with Crippen molar-refractivity contribution in [1.82, 2.24) is 10.6 Å². The number of amides is 1. The Hall–Kier alpha value is -2.54. The Balaban J connectivity index is 2.02. The smallest absolute Gasteiger partial charge is 0.226 e. The normalized spacial score (nSPS) is 28.8. The predicted octanol–water partition coefficient (Wildman–Crippen LogP) is -0.373. The van der Waals surface area contributed by atoms with E-state index in [2.05, 4.69) is 16.6 Å². The highest BCUT2D eigenvalue weighted by atomic mass is 32.1. The first-order chi connectivity index (χ1) is 13.4. The van der Waals surface area contributed by atoms with Crippen molar-refractivity contribution >= 4 is 28.9 Å². The van der Waals surface area contributed by atoms with Crippen LogP contribution in [0.2, 0.25) is 0 Å². The number of terminal acetylenes is 1. The van der Waals surface area contributed by atoms with E-state index >= 15 is 0 Å². The summed E-state index contributed by atoms with van der Waals surface area (Å²) in [6, 6.07) is 4.14. The number of hydrogen-bond donors (Lipinski definition) is 4. The lowest BCUT2D eigenvalue weighted by Crippen LogP contribution is -2.61. The number of hydrogen-bond acceptors (Lipinski definition) is 6. The Labute approximate surface area is 168 Å². The number of nitrogens with one attached hydrogen (secondary N) is 2. The summed E-state index contributed by atoms with van der Waals surface area (Å²) < 4.78 is 10.7. The van der Waals surface area contributed by atoms with Gasteiger partial charge >= 0.3 is 0 Å². The fourth-order valence-corrected chi connectivity index (χ4v) is 4.20. The maximum atomic E-state index is 12.7. The van der Waals surface area contributed by atoms with Gasteiger partial charge in [-0.1, -0.05) is 5.92 Å². The Kier molecular flexibility index (Phi) is 5.93. The topological polar surface area (TPSA) is 103 Å². The molecule has 8 nitrogen and oxygen atoms in total. The number of rotatable bonds is 5. The van der Waals surface area contributed by atoms with Gasteiger partial charge in [0.25, 0.3) is 0 Å². The van der Waals surface area contributed by atoms with Gasteiger partial charge in [0.05, 0.1) is 50.6 Å². The third-order valence-electron chi connectivity index (χ3n) is 5.16. The van der Waals surface area contributed by atoms with Gasteiger partial charge in [0.2, 0.25) is 5.91 Å². The number of anilines is 1. The molecule has 0 spiro atoms. The third kappa shape index (κ3) is 3.58. The van der Waals surface area contributed by atoms with Crippen LogP contribution in [0.5, 0.6) is 11.5 Å². The summed E-state index contributed by atoms with van der Waals surface area (Å²) in [4.78, 5) is 14.5. The van der Waals surface area contributed by atoms with Crippen LogP contribution in [0.1, 0.15) is 6.42 Å². The molecule has 1 aromatic carbocycles. The largest absolute Gasteiger partial charge is 0.497 e. The molecule has 1 amide bonds. The molecule has 1 aliphatic carbocycles. The molecule has 2 aliphatic rings. The van der Waals surface area contributed by atoms with Gasteiger partial charge in [-0.15, -0.1) is 6.42 Å². The van der Waals surface area contributed by atoms with E-state index in [0.717, 1.165) is 0 Å². The number of thiocarbonyl (C=S) groups is 1. The van der Waals surface area contributed by atoms with Gasteiger partial charge in [-0.3, -0.25) is 4.79 Å². The summed E-state index contributed by atoms with van der Waals surface area (Å²) in [5.74, 6) is 2.55. The molecule has 1 aliphatic heterocycles. The predicted molar refractivity (Wildman–Crippen MR) is 107 cm³/mol. The number of benzene rings is 1. The average molecular weight is 405 g/mol. The molecule has 5 atom stereocenters. The van der Waals surface area contributed by atoms with Gasteiger partial charge in [0.1, 0.15) is 17.6 Å². The van der Waals surface area contributed by atoms with Crippen LogP contribution in [0.15, 0.2) is 18.2 Å². The number of fused-ring (bicyclic) bond motifs is 1. The van der Waals surface area contributed by atoms with Crippen LogP contribution in [-0.4, -0.2) is 66.3 Å². The zero-order valence-corrected chi connectivity index (χ0v) is 16.4. The fraction of sp³-hybridized carbons (Fsp3) is 0.474. The van der Waals surface area contributed by atoms with E-state index in [0.29, 0.717) is 22.3 Å². The highest BCUT2D eigenvalue weighted by Gasteiger charge is 2.54. The highest BCUT2D eigenvalue weighted by molar-refractivity contribution is 7.80. The van der Waals surface area contributed by atoms with Crippen molar-refractivity contribution in [1.29, 1.82) is 0 Å². The molecule has 1 saturated heterocycles. The van der Waals surface area contributed by atoms with Crippen LogP contribution in [0.3, 0.4) is 0 Å². The van der Waals surface area contributed by atoms with Gasteiger partial charge in [-0.25, -0.2) is 0 Å². The SMILES string of the molecule is C#CCNC(=O)[C@@H]1C[C@@H](O)[C@H](O)[C@@H]2NC(=S)N(c3cc(OC)cc(OC)c3)[C@H]21. The van der Waals surface area contributed by atoms with Gasteiger partial charge in [0, 0.05) is 18.2 Å². The maximum absolute atomic E-state index is 12.7. The highest BCUT2D eigenvalue weighted by Crippen LogP contribution is 2.39. The van der Waals surface area contributed by atoms with E-state index in [1.807, 2.05) is 0 Å². The molecule has 4 N–H and O–H groups in total. The monoisotopic (exact) mass is 405 g/mol. The van der Waals surface area contributed by atoms with Crippen LogP contribution in [0.25, 0.3) is 0 Å². The minimum Gasteiger partial charge on any atom is -0.497 e. The third-order valence-corrected chi connectivity index (χ3v) is 5.48. The number of carbonyl (C=O) groups excluding carboxylic acids is 1. The summed E-state index contributed by atoms with van der Waals surface area (Å²) in [7, 11) is 3.08. The number of methoxy groups -OCH3 is 2. The number of nitrogens with zero attached hydrogens (tertiary/aromatic N) is 1. The molecule has 0 unspecified atom stereocenters. The number of aliphatic hydroxyl groups is 2. The summed E-state index contributed by atoms with van der Waals surface area (Å²) in [6.45, 7) is 0.0796. The quantitative estimate of drug-likeness (QED) is 0.389. The van der Waals surface area contributed by atoms with Crippen molar-refractivity contribution in [2.75, 3.05) is 25.7 Å². The molecule has 1 heterocycles. The van der Waals surface area contributed by atoms with Crippen LogP contribution in [-0.2, 0) is 4.79 Å². The summed E-state index contributed by atoms with van der Waals surface area (Å²) in [5.41, 5.74) is 0.652. The van der Waals surface area contributed by atoms with Crippen LogP contribution < -0.4 is 25.0 Å². The summed E-state index contributed by atoms with van der Waals surface area (Å²) >= 11 is 5.49. The van der Waals surface area contributed by atoms with Gasteiger partial charge in [-0.05, 0) is 18.6 Å². The van der Waals surface area contributed by atoms with Crippen molar-refractivity contribution in [3.63, 3.8) is 0 Å². The van der Waals surface area contributed by atoms with E-state index in [9.17, 15) is 15.0 Å². The first-order valence-electron chi connectivity index (χ1n) is 8.81. The molecule has 1 aromatic rings. The molecular weight excluding hydrogens is 382 g/mol. The molecule has 1 saturated carbocycles. The minimum absolute atomic E-state index is 0.0796. The van der Waals surface area contributed by atoms with E-state index < -0.39 is 30.2 Å². The fourth-order valence-electron chi connectivity index (χ4n) is 3.84. The zero-order chi connectivity index (χ0) is 20.4. The van der Waals surface area contributed by atoms with Crippen molar-refractivity contribution in [2.24, 2.45) is 5.92 Å². The summed E-state index contributed by atoms with van der Waals surface area (Å²) in [6.07, 6.45) is 3.20. The molecule has 0 bridgehead atoms. The van der Waals surface area contributed by atoms with Crippen molar-refractivity contribution in [3.05, 3.63) is 18.2 Å². The molecule has 0 radical (unpaired) electrons. The molecule has 150 valence electrons. The Morgan fingerprint density at radius 1 is 1.36 bits per heavy atom. The van der Waals surface area contributed by atoms with Crippen molar-refractivity contribution < 1.29 is 24.5 Å². The van der Waals surface area contributed by atoms with Crippen LogP contribution in [0, 0.1) is 18.3 Å². The van der Waals surface area contributed by atoms with Gasteiger partial charge < -0.3 is 35.2 Å². The first kappa shape index (κ1) is 20.2. The second-order valence-corrected chi connectivity index (χ2v) is 7.12. The van der Waals surface area contributed by atoms with Crippen LogP contribution in [0.4, 0.5) is 5.69 Å². The van der Waals surface area contributed by atoms with Gasteiger partial charge in [-0.2, -0.15) is 0 Å². The summed E-state index contributed by atoms with van der Waals surface area (Å²) in [5, 5.41) is 26.8. The second kappa shape index (κ2) is 8.22. The molecular formula is C19H23N3O5S. The Morgan fingerprint density at radius 3 is 2.57 bits per heavy atom. The number of aliphatic hydroxyl groups excluding tert-OH is 2.